The molecule has 0 aliphatic heterocycles. The van der Waals surface area contributed by atoms with Crippen molar-refractivity contribution in [2.75, 3.05) is 11.9 Å². The van der Waals surface area contributed by atoms with Crippen LogP contribution >= 0.6 is 0 Å². The van der Waals surface area contributed by atoms with Gasteiger partial charge in [0, 0.05) is 11.7 Å². The molecular formula is C15H19F3N2O. The summed E-state index contributed by atoms with van der Waals surface area (Å²) in [6, 6.07) is 3.69. The van der Waals surface area contributed by atoms with E-state index in [2.05, 4.69) is 10.6 Å². The fourth-order valence-electron chi connectivity index (χ4n) is 2.51. The summed E-state index contributed by atoms with van der Waals surface area (Å²) in [5.41, 5.74) is 0.301. The highest BCUT2D eigenvalue weighted by Gasteiger charge is 2.30. The fraction of sp³-hybridized carbons (Fsp3) is 0.533. The van der Waals surface area contributed by atoms with Gasteiger partial charge >= 0.3 is 6.18 Å². The number of nitrogens with one attached hydrogen (secondary N) is 2. The summed E-state index contributed by atoms with van der Waals surface area (Å²) in [7, 11) is 0. The zero-order valence-corrected chi connectivity index (χ0v) is 11.9. The van der Waals surface area contributed by atoms with Gasteiger partial charge in [-0.15, -0.1) is 0 Å². The van der Waals surface area contributed by atoms with E-state index in [4.69, 9.17) is 0 Å². The van der Waals surface area contributed by atoms with Gasteiger partial charge in [0.25, 0.3) is 0 Å². The van der Waals surface area contributed by atoms with Crippen LogP contribution in [0.25, 0.3) is 0 Å². The Kier molecular flexibility index (Phi) is 4.75. The predicted molar refractivity (Wildman–Crippen MR) is 75.1 cm³/mol. The van der Waals surface area contributed by atoms with E-state index in [1.165, 1.54) is 6.07 Å². The number of anilines is 1. The molecule has 2 N–H and O–H groups in total. The van der Waals surface area contributed by atoms with Crippen LogP contribution in [-0.2, 0) is 11.0 Å². The Morgan fingerprint density at radius 1 is 1.29 bits per heavy atom. The Labute approximate surface area is 121 Å². The third-order valence-corrected chi connectivity index (χ3v) is 3.72. The van der Waals surface area contributed by atoms with Gasteiger partial charge in [-0.1, -0.05) is 18.9 Å². The number of halogens is 3. The quantitative estimate of drug-likeness (QED) is 0.894. The number of carbonyl (C=O) groups excluding carboxylic acids is 1. The van der Waals surface area contributed by atoms with Gasteiger partial charge in [-0.05, 0) is 37.5 Å². The van der Waals surface area contributed by atoms with Gasteiger partial charge in [-0.2, -0.15) is 13.2 Å². The highest BCUT2D eigenvalue weighted by Crippen LogP contribution is 2.31. The SMILES string of the molecule is Cc1ccc(C(F)(F)F)cc1NCC(=O)NC1CCCC1. The highest BCUT2D eigenvalue weighted by atomic mass is 19.4. The van der Waals surface area contributed by atoms with E-state index < -0.39 is 11.7 Å². The first-order valence-electron chi connectivity index (χ1n) is 7.07. The van der Waals surface area contributed by atoms with Gasteiger partial charge in [0.15, 0.2) is 0 Å². The molecular weight excluding hydrogens is 281 g/mol. The maximum atomic E-state index is 12.7. The minimum atomic E-state index is -4.38. The molecule has 1 aromatic carbocycles. The molecule has 1 amide bonds. The molecule has 0 aromatic heterocycles. The number of amides is 1. The summed E-state index contributed by atoms with van der Waals surface area (Å²) in [4.78, 5) is 11.8. The number of hydrogen-bond donors (Lipinski definition) is 2. The summed E-state index contributed by atoms with van der Waals surface area (Å²) in [5, 5.41) is 5.68. The molecule has 0 atom stereocenters. The molecule has 116 valence electrons. The lowest BCUT2D eigenvalue weighted by atomic mass is 10.1. The van der Waals surface area contributed by atoms with Gasteiger partial charge < -0.3 is 10.6 Å². The zero-order valence-electron chi connectivity index (χ0n) is 11.9. The average Bonchev–Trinajstić information content (AvgIpc) is 2.89. The van der Waals surface area contributed by atoms with E-state index in [0.717, 1.165) is 37.8 Å². The Morgan fingerprint density at radius 2 is 1.95 bits per heavy atom. The smallest absolute Gasteiger partial charge is 0.376 e. The lowest BCUT2D eigenvalue weighted by Crippen LogP contribution is -2.36. The predicted octanol–water partition coefficient (Wildman–Crippen LogP) is 3.48. The van der Waals surface area contributed by atoms with Gasteiger partial charge in [0.05, 0.1) is 12.1 Å². The van der Waals surface area contributed by atoms with E-state index >= 15 is 0 Å². The van der Waals surface area contributed by atoms with Crippen LogP contribution < -0.4 is 10.6 Å². The average molecular weight is 300 g/mol. The molecule has 21 heavy (non-hydrogen) atoms. The van der Waals surface area contributed by atoms with Crippen molar-refractivity contribution >= 4 is 11.6 Å². The maximum Gasteiger partial charge on any atom is 0.416 e. The Balaban J connectivity index is 1.94. The Hall–Kier alpha value is -1.72. The molecule has 0 spiro atoms. The number of alkyl halides is 3. The summed E-state index contributed by atoms with van der Waals surface area (Å²) in [6.45, 7) is 1.69. The van der Waals surface area contributed by atoms with Crippen LogP contribution in [0.15, 0.2) is 18.2 Å². The van der Waals surface area contributed by atoms with Crippen LogP contribution in [0.2, 0.25) is 0 Å². The molecule has 1 aliphatic carbocycles. The summed E-state index contributed by atoms with van der Waals surface area (Å²) >= 11 is 0. The molecule has 3 nitrogen and oxygen atoms in total. The minimum Gasteiger partial charge on any atom is -0.376 e. The van der Waals surface area contributed by atoms with Crippen molar-refractivity contribution < 1.29 is 18.0 Å². The van der Waals surface area contributed by atoms with Gasteiger partial charge in [0.2, 0.25) is 5.91 Å². The van der Waals surface area contributed by atoms with E-state index in [9.17, 15) is 18.0 Å². The number of rotatable bonds is 4. The first kappa shape index (κ1) is 15.7. The van der Waals surface area contributed by atoms with Crippen LogP contribution in [0.3, 0.4) is 0 Å². The van der Waals surface area contributed by atoms with Gasteiger partial charge in [0.1, 0.15) is 0 Å². The lowest BCUT2D eigenvalue weighted by Gasteiger charge is -2.15. The summed E-state index contributed by atoms with van der Waals surface area (Å²) < 4.78 is 38.0. The van der Waals surface area contributed by atoms with Gasteiger partial charge in [-0.3, -0.25) is 4.79 Å². The van der Waals surface area contributed by atoms with Crippen molar-refractivity contribution in [2.24, 2.45) is 0 Å². The first-order chi connectivity index (χ1) is 9.86. The Bertz CT molecular complexity index is 508. The minimum absolute atomic E-state index is 0.0152. The van der Waals surface area contributed by atoms with Crippen LogP contribution in [0, 0.1) is 6.92 Å². The van der Waals surface area contributed by atoms with Crippen molar-refractivity contribution in [3.05, 3.63) is 29.3 Å². The molecule has 0 bridgehead atoms. The maximum absolute atomic E-state index is 12.7. The number of carbonyl (C=O) groups is 1. The molecule has 2 rings (SSSR count). The highest BCUT2D eigenvalue weighted by molar-refractivity contribution is 5.81. The summed E-state index contributed by atoms with van der Waals surface area (Å²) in [5.74, 6) is -0.182. The largest absolute Gasteiger partial charge is 0.416 e. The van der Waals surface area contributed by atoms with E-state index in [1.807, 2.05) is 0 Å². The second kappa shape index (κ2) is 6.37. The second-order valence-corrected chi connectivity index (χ2v) is 5.43. The van der Waals surface area contributed by atoms with Crippen molar-refractivity contribution in [1.29, 1.82) is 0 Å². The fourth-order valence-corrected chi connectivity index (χ4v) is 2.51. The zero-order chi connectivity index (χ0) is 15.5. The number of hydrogen-bond acceptors (Lipinski definition) is 2. The van der Waals surface area contributed by atoms with E-state index in [-0.39, 0.29) is 18.5 Å². The summed E-state index contributed by atoms with van der Waals surface area (Å²) in [6.07, 6.45) is -0.185. The van der Waals surface area contributed by atoms with Crippen LogP contribution in [0.4, 0.5) is 18.9 Å². The number of benzene rings is 1. The van der Waals surface area contributed by atoms with Gasteiger partial charge in [-0.25, -0.2) is 0 Å². The monoisotopic (exact) mass is 300 g/mol. The van der Waals surface area contributed by atoms with Crippen molar-refractivity contribution in [2.45, 2.75) is 44.8 Å². The van der Waals surface area contributed by atoms with Crippen molar-refractivity contribution in [3.63, 3.8) is 0 Å². The van der Waals surface area contributed by atoms with Crippen LogP contribution in [0.5, 0.6) is 0 Å². The van der Waals surface area contributed by atoms with E-state index in [0.29, 0.717) is 11.3 Å². The lowest BCUT2D eigenvalue weighted by molar-refractivity contribution is -0.137. The van der Waals surface area contributed by atoms with Crippen molar-refractivity contribution in [3.8, 4) is 0 Å². The molecule has 1 aromatic rings. The number of aryl methyl sites for hydroxylation is 1. The standard InChI is InChI=1S/C15H19F3N2O/c1-10-6-7-11(15(16,17)18)8-13(10)19-9-14(21)20-12-4-2-3-5-12/h6-8,12,19H,2-5,9H2,1H3,(H,20,21). The molecule has 1 aliphatic rings. The van der Waals surface area contributed by atoms with E-state index in [1.54, 1.807) is 6.92 Å². The third kappa shape index (κ3) is 4.37. The molecule has 0 radical (unpaired) electrons. The molecule has 6 heteroatoms. The first-order valence-corrected chi connectivity index (χ1v) is 7.07. The molecule has 0 saturated heterocycles. The molecule has 1 fully saturated rings. The van der Waals surface area contributed by atoms with Crippen molar-refractivity contribution in [1.82, 2.24) is 5.32 Å². The van der Waals surface area contributed by atoms with Crippen LogP contribution in [-0.4, -0.2) is 18.5 Å². The molecule has 1 saturated carbocycles. The molecule has 0 heterocycles. The van der Waals surface area contributed by atoms with Crippen LogP contribution in [0.1, 0.15) is 36.8 Å². The third-order valence-electron chi connectivity index (χ3n) is 3.72. The molecule has 0 unspecified atom stereocenters. The second-order valence-electron chi connectivity index (χ2n) is 5.43. The Morgan fingerprint density at radius 3 is 2.57 bits per heavy atom. The normalized spacial score (nSPS) is 16.0. The topological polar surface area (TPSA) is 41.1 Å².